The molecule has 0 spiro atoms. The first kappa shape index (κ1) is 20.7. The molecule has 0 radical (unpaired) electrons. The van der Waals surface area contributed by atoms with Crippen molar-refractivity contribution in [1.82, 2.24) is 0 Å². The summed E-state index contributed by atoms with van der Waals surface area (Å²) in [6.07, 6.45) is 9.19. The number of carboxylic acids is 1. The van der Waals surface area contributed by atoms with Gasteiger partial charge in [0.1, 0.15) is 0 Å². The van der Waals surface area contributed by atoms with Gasteiger partial charge >= 0.3 is 5.97 Å². The zero-order chi connectivity index (χ0) is 20.3. The Labute approximate surface area is 170 Å². The number of aliphatic hydroxyl groups excluding tert-OH is 2. The van der Waals surface area contributed by atoms with Crippen molar-refractivity contribution in [3.63, 3.8) is 0 Å². The van der Waals surface area contributed by atoms with Gasteiger partial charge in [-0.15, -0.1) is 0 Å². The van der Waals surface area contributed by atoms with Crippen molar-refractivity contribution in [3.8, 4) is 0 Å². The molecule has 10 atom stereocenters. The molecule has 28 heavy (non-hydrogen) atoms. The van der Waals surface area contributed by atoms with Crippen LogP contribution in [0.2, 0.25) is 0 Å². The van der Waals surface area contributed by atoms with Crippen LogP contribution in [0.25, 0.3) is 0 Å². The fourth-order valence-corrected chi connectivity index (χ4v) is 8.73. The van der Waals surface area contributed by atoms with E-state index in [1.807, 2.05) is 0 Å². The Hall–Kier alpha value is -0.610. The molecule has 0 aromatic carbocycles. The number of fused-ring (bicyclic) bond motifs is 5. The molecule has 4 saturated carbocycles. The molecule has 0 saturated heterocycles. The lowest BCUT2D eigenvalue weighted by Gasteiger charge is -2.62. The third-order valence-corrected chi connectivity index (χ3v) is 10.2. The van der Waals surface area contributed by atoms with E-state index in [0.29, 0.717) is 35.5 Å². The van der Waals surface area contributed by atoms with Crippen LogP contribution in [0.15, 0.2) is 0 Å². The molecule has 4 aliphatic carbocycles. The number of aliphatic hydroxyl groups is 2. The summed E-state index contributed by atoms with van der Waals surface area (Å²) in [5.74, 6) is 2.36. The largest absolute Gasteiger partial charge is 0.481 e. The van der Waals surface area contributed by atoms with E-state index in [0.717, 1.165) is 32.1 Å². The maximum Gasteiger partial charge on any atom is 0.303 e. The molecule has 4 fully saturated rings. The van der Waals surface area contributed by atoms with Gasteiger partial charge in [-0.2, -0.15) is 0 Å². The van der Waals surface area contributed by atoms with Gasteiger partial charge in [0.2, 0.25) is 0 Å². The van der Waals surface area contributed by atoms with Gasteiger partial charge in [0.05, 0.1) is 12.2 Å². The Balaban J connectivity index is 1.55. The highest BCUT2D eigenvalue weighted by Gasteiger charge is 2.62. The van der Waals surface area contributed by atoms with E-state index in [4.69, 9.17) is 5.11 Å². The van der Waals surface area contributed by atoms with Gasteiger partial charge in [0.15, 0.2) is 0 Å². The molecule has 0 aromatic rings. The standard InChI is InChI=1S/C24H40O4/c1-14(4-7-21(27)28)17-5-6-18-22-19(9-11-24(17,18)3)23(2)10-8-16(25)12-15(23)13-20(22)26/h14-20,22,25-26H,4-13H2,1-3H3,(H,27,28)/t14?,15-,16-,17?,18?,19?,20-,22?,23?,24?/m1/s1. The molecular formula is C24H40O4. The monoisotopic (exact) mass is 392 g/mol. The third kappa shape index (κ3) is 3.14. The number of carboxylic acid groups (broad SMARTS) is 1. The number of hydrogen-bond acceptors (Lipinski definition) is 3. The van der Waals surface area contributed by atoms with E-state index in [2.05, 4.69) is 20.8 Å². The zero-order valence-electron chi connectivity index (χ0n) is 17.9. The fraction of sp³-hybridized carbons (Fsp3) is 0.958. The molecule has 7 unspecified atom stereocenters. The average molecular weight is 393 g/mol. The molecule has 0 aliphatic heterocycles. The van der Waals surface area contributed by atoms with Gasteiger partial charge in [0.25, 0.3) is 0 Å². The molecule has 4 heteroatoms. The van der Waals surface area contributed by atoms with Crippen molar-refractivity contribution in [2.75, 3.05) is 0 Å². The van der Waals surface area contributed by atoms with E-state index in [1.165, 1.54) is 25.7 Å². The Morgan fingerprint density at radius 1 is 1.00 bits per heavy atom. The Bertz CT molecular complexity index is 605. The van der Waals surface area contributed by atoms with Gasteiger partial charge in [-0.3, -0.25) is 4.79 Å². The first-order valence-electron chi connectivity index (χ1n) is 11.7. The second kappa shape index (κ2) is 7.27. The van der Waals surface area contributed by atoms with Gasteiger partial charge in [-0.05, 0) is 104 Å². The van der Waals surface area contributed by atoms with Crippen LogP contribution in [0.3, 0.4) is 0 Å². The topological polar surface area (TPSA) is 77.8 Å². The SMILES string of the molecule is CC(CCC(=O)O)C1CCC2C3C(CCC12C)C1(C)CC[C@@H](O)C[C@@H]1C[C@H]3O. The molecule has 3 N–H and O–H groups in total. The van der Waals surface area contributed by atoms with Gasteiger partial charge in [-0.1, -0.05) is 20.8 Å². The maximum atomic E-state index is 11.2. The van der Waals surface area contributed by atoms with Crippen LogP contribution in [-0.4, -0.2) is 33.5 Å². The molecule has 0 bridgehead atoms. The Kier molecular flexibility index (Phi) is 5.36. The van der Waals surface area contributed by atoms with Crippen molar-refractivity contribution in [2.45, 2.75) is 97.2 Å². The summed E-state index contributed by atoms with van der Waals surface area (Å²) >= 11 is 0. The van der Waals surface area contributed by atoms with Crippen molar-refractivity contribution in [1.29, 1.82) is 0 Å². The molecular weight excluding hydrogens is 352 g/mol. The Morgan fingerprint density at radius 3 is 2.39 bits per heavy atom. The van der Waals surface area contributed by atoms with Crippen molar-refractivity contribution in [3.05, 3.63) is 0 Å². The summed E-state index contributed by atoms with van der Waals surface area (Å²) in [5, 5.41) is 30.5. The van der Waals surface area contributed by atoms with Crippen LogP contribution in [0.5, 0.6) is 0 Å². The minimum atomic E-state index is -0.684. The third-order valence-electron chi connectivity index (χ3n) is 10.2. The summed E-state index contributed by atoms with van der Waals surface area (Å²) in [6.45, 7) is 7.16. The van der Waals surface area contributed by atoms with Crippen molar-refractivity contribution >= 4 is 5.97 Å². The first-order valence-corrected chi connectivity index (χ1v) is 11.7. The van der Waals surface area contributed by atoms with E-state index in [9.17, 15) is 15.0 Å². The minimum absolute atomic E-state index is 0.179. The highest BCUT2D eigenvalue weighted by Crippen LogP contribution is 2.68. The van der Waals surface area contributed by atoms with Crippen LogP contribution in [0, 0.1) is 46.3 Å². The lowest BCUT2D eigenvalue weighted by Crippen LogP contribution is -2.58. The first-order chi connectivity index (χ1) is 13.2. The predicted molar refractivity (Wildman–Crippen MR) is 109 cm³/mol. The van der Waals surface area contributed by atoms with E-state index in [-0.39, 0.29) is 29.5 Å². The van der Waals surface area contributed by atoms with Gasteiger partial charge in [-0.25, -0.2) is 0 Å². The average Bonchev–Trinajstić information content (AvgIpc) is 2.98. The summed E-state index contributed by atoms with van der Waals surface area (Å²) in [7, 11) is 0. The second-order valence-electron chi connectivity index (χ2n) is 11.4. The molecule has 160 valence electrons. The van der Waals surface area contributed by atoms with Crippen LogP contribution >= 0.6 is 0 Å². The molecule has 0 aromatic heterocycles. The summed E-state index contributed by atoms with van der Waals surface area (Å²) in [5.41, 5.74) is 0.523. The number of carbonyl (C=O) groups is 1. The van der Waals surface area contributed by atoms with Crippen molar-refractivity contribution < 1.29 is 20.1 Å². The second-order valence-corrected chi connectivity index (χ2v) is 11.4. The quantitative estimate of drug-likeness (QED) is 0.659. The maximum absolute atomic E-state index is 11.2. The van der Waals surface area contributed by atoms with Gasteiger partial charge < -0.3 is 15.3 Å². The highest BCUT2D eigenvalue weighted by molar-refractivity contribution is 5.66. The number of rotatable bonds is 4. The zero-order valence-corrected chi connectivity index (χ0v) is 17.9. The predicted octanol–water partition coefficient (Wildman–Crippen LogP) is 4.48. The molecule has 4 rings (SSSR count). The summed E-state index contributed by atoms with van der Waals surface area (Å²) < 4.78 is 0. The minimum Gasteiger partial charge on any atom is -0.481 e. The van der Waals surface area contributed by atoms with E-state index >= 15 is 0 Å². The number of hydrogen-bond donors (Lipinski definition) is 3. The normalized spacial score (nSPS) is 51.7. The molecule has 4 nitrogen and oxygen atoms in total. The highest BCUT2D eigenvalue weighted by atomic mass is 16.4. The lowest BCUT2D eigenvalue weighted by atomic mass is 9.43. The lowest BCUT2D eigenvalue weighted by molar-refractivity contribution is -0.174. The van der Waals surface area contributed by atoms with Crippen LogP contribution < -0.4 is 0 Å². The van der Waals surface area contributed by atoms with Crippen molar-refractivity contribution in [2.24, 2.45) is 46.3 Å². The summed E-state index contributed by atoms with van der Waals surface area (Å²) in [6, 6.07) is 0. The van der Waals surface area contributed by atoms with E-state index in [1.54, 1.807) is 0 Å². The smallest absolute Gasteiger partial charge is 0.303 e. The Morgan fingerprint density at radius 2 is 1.68 bits per heavy atom. The van der Waals surface area contributed by atoms with Crippen LogP contribution in [0.1, 0.15) is 85.0 Å². The number of aliphatic carboxylic acids is 1. The van der Waals surface area contributed by atoms with Crippen LogP contribution in [-0.2, 0) is 4.79 Å². The van der Waals surface area contributed by atoms with E-state index < -0.39 is 5.97 Å². The van der Waals surface area contributed by atoms with Crippen LogP contribution in [0.4, 0.5) is 0 Å². The summed E-state index contributed by atoms with van der Waals surface area (Å²) in [4.78, 5) is 11.1. The molecule has 0 amide bonds. The molecule has 0 heterocycles. The van der Waals surface area contributed by atoms with Gasteiger partial charge in [0, 0.05) is 6.42 Å². The fourth-order valence-electron chi connectivity index (χ4n) is 8.73. The molecule has 4 aliphatic rings.